The van der Waals surface area contributed by atoms with Crippen LogP contribution in [-0.4, -0.2) is 39.6 Å². The van der Waals surface area contributed by atoms with Gasteiger partial charge in [-0.15, -0.1) is 11.3 Å². The van der Waals surface area contributed by atoms with Gasteiger partial charge in [0, 0.05) is 48.4 Å². The number of nitrogens with zero attached hydrogens (tertiary/aromatic N) is 5. The number of hydrogen-bond acceptors (Lipinski definition) is 7. The fourth-order valence-electron chi connectivity index (χ4n) is 4.42. The van der Waals surface area contributed by atoms with Gasteiger partial charge in [-0.1, -0.05) is 6.92 Å². The zero-order chi connectivity index (χ0) is 22.5. The van der Waals surface area contributed by atoms with E-state index in [1.54, 1.807) is 16.8 Å². The molecule has 0 aliphatic heterocycles. The fourth-order valence-corrected chi connectivity index (χ4v) is 5.00. The van der Waals surface area contributed by atoms with Gasteiger partial charge in [-0.25, -0.2) is 4.98 Å². The quantitative estimate of drug-likeness (QED) is 0.373. The highest BCUT2D eigenvalue weighted by Crippen LogP contribution is 2.27. The Morgan fingerprint density at radius 1 is 1.34 bits per heavy atom. The van der Waals surface area contributed by atoms with Crippen LogP contribution in [0.4, 0.5) is 0 Å². The highest BCUT2D eigenvalue weighted by atomic mass is 32.1. The molecule has 0 bridgehead atoms. The summed E-state index contributed by atoms with van der Waals surface area (Å²) in [5.41, 5.74) is 4.79. The number of thiazole rings is 1. The van der Waals surface area contributed by atoms with Crippen molar-refractivity contribution in [3.8, 4) is 0 Å². The minimum Gasteiger partial charge on any atom is -0.619 e. The van der Waals surface area contributed by atoms with Gasteiger partial charge < -0.3 is 10.5 Å². The molecule has 1 unspecified atom stereocenters. The lowest BCUT2D eigenvalue weighted by atomic mass is 10.1. The molecule has 9 heteroatoms. The Hall–Kier alpha value is -2.62. The third kappa shape index (κ3) is 4.90. The second-order valence-corrected chi connectivity index (χ2v) is 9.14. The van der Waals surface area contributed by atoms with Crippen LogP contribution in [0.2, 0.25) is 0 Å². The molecule has 8 nitrogen and oxygen atoms in total. The molecule has 0 spiro atoms. The fraction of sp³-hybridized carbons (Fsp3) is 0.478. The van der Waals surface area contributed by atoms with E-state index in [0.717, 1.165) is 71.0 Å². The molecular formula is C23H30N6O2S. The number of hydrogen-bond donors (Lipinski definition) is 1. The molecule has 1 N–H and O–H groups in total. The molecule has 0 saturated heterocycles. The molecule has 32 heavy (non-hydrogen) atoms. The lowest BCUT2D eigenvalue weighted by Gasteiger charge is -2.32. The summed E-state index contributed by atoms with van der Waals surface area (Å²) < 4.78 is 2.67. The van der Waals surface area contributed by atoms with Crippen molar-refractivity contribution in [3.63, 3.8) is 0 Å². The van der Waals surface area contributed by atoms with Crippen LogP contribution in [0.5, 0.6) is 0 Å². The van der Waals surface area contributed by atoms with E-state index >= 15 is 0 Å². The van der Waals surface area contributed by atoms with Crippen LogP contribution in [0, 0.1) is 5.21 Å². The number of aryl methyl sites for hydroxylation is 1. The monoisotopic (exact) mass is 454 g/mol. The van der Waals surface area contributed by atoms with Crippen LogP contribution in [-0.2, 0) is 25.9 Å². The van der Waals surface area contributed by atoms with Crippen molar-refractivity contribution < 1.29 is 4.73 Å². The molecule has 0 saturated carbocycles. The maximum Gasteiger partial charge on any atom is 0.257 e. The van der Waals surface area contributed by atoms with Gasteiger partial charge in [0.05, 0.1) is 23.8 Å². The molecule has 0 radical (unpaired) electrons. The minimum atomic E-state index is -0.0190. The first-order valence-electron chi connectivity index (χ1n) is 11.2. The van der Waals surface area contributed by atoms with E-state index < -0.39 is 0 Å². The smallest absolute Gasteiger partial charge is 0.257 e. The molecule has 4 rings (SSSR count). The first-order chi connectivity index (χ1) is 15.6. The van der Waals surface area contributed by atoms with Crippen LogP contribution < -0.4 is 15.6 Å². The summed E-state index contributed by atoms with van der Waals surface area (Å²) in [7, 11) is 1.94. The van der Waals surface area contributed by atoms with Gasteiger partial charge in [-0.2, -0.15) is 4.73 Å². The lowest BCUT2D eigenvalue weighted by molar-refractivity contribution is -0.605. The van der Waals surface area contributed by atoms with Crippen molar-refractivity contribution >= 4 is 11.3 Å². The van der Waals surface area contributed by atoms with E-state index in [1.165, 1.54) is 12.4 Å². The molecule has 3 heterocycles. The number of aromatic nitrogens is 4. The standard InChI is InChI=1S/C23H30N6O2S/c1-3-21(27(12-9-24-2)14-17-7-10-28(31)11-8-17)22-26-20-6-4-5-19(20)23(30)29(22)15-18-13-25-16-32-18/h7-8,10-11,13,16,21,24H,3-6,9,12,14-15H2,1-2H3. The predicted molar refractivity (Wildman–Crippen MR) is 125 cm³/mol. The van der Waals surface area contributed by atoms with E-state index in [1.807, 2.05) is 29.9 Å². The van der Waals surface area contributed by atoms with Crippen LogP contribution >= 0.6 is 11.3 Å². The lowest BCUT2D eigenvalue weighted by Crippen LogP contribution is -2.39. The molecule has 0 aromatic carbocycles. The van der Waals surface area contributed by atoms with Crippen molar-refractivity contribution in [1.82, 2.24) is 24.8 Å². The summed E-state index contributed by atoms with van der Waals surface area (Å²) in [5, 5.41) is 14.7. The second-order valence-electron chi connectivity index (χ2n) is 8.17. The zero-order valence-electron chi connectivity index (χ0n) is 18.7. The van der Waals surface area contributed by atoms with Gasteiger partial charge in [0.2, 0.25) is 0 Å². The van der Waals surface area contributed by atoms with Crippen molar-refractivity contribution in [3.05, 3.63) is 79.3 Å². The number of fused-ring (bicyclic) bond motifs is 1. The van der Waals surface area contributed by atoms with Crippen molar-refractivity contribution in [2.45, 2.75) is 51.7 Å². The Kier molecular flexibility index (Phi) is 7.29. The van der Waals surface area contributed by atoms with Crippen LogP contribution in [0.3, 0.4) is 0 Å². The van der Waals surface area contributed by atoms with Crippen LogP contribution in [0.25, 0.3) is 0 Å². The molecule has 1 aliphatic carbocycles. The maximum absolute atomic E-state index is 13.5. The highest BCUT2D eigenvalue weighted by Gasteiger charge is 2.28. The molecule has 3 aromatic rings. The van der Waals surface area contributed by atoms with Gasteiger partial charge in [-0.3, -0.25) is 19.2 Å². The summed E-state index contributed by atoms with van der Waals surface area (Å²) in [5.74, 6) is 0.831. The van der Waals surface area contributed by atoms with E-state index in [2.05, 4.69) is 22.1 Å². The zero-order valence-corrected chi connectivity index (χ0v) is 19.5. The van der Waals surface area contributed by atoms with Crippen molar-refractivity contribution in [1.29, 1.82) is 0 Å². The Labute approximate surface area is 192 Å². The largest absolute Gasteiger partial charge is 0.619 e. The molecule has 0 fully saturated rings. The molecule has 0 amide bonds. The van der Waals surface area contributed by atoms with Gasteiger partial charge in [0.15, 0.2) is 12.4 Å². The average molecular weight is 455 g/mol. The number of pyridine rings is 1. The summed E-state index contributed by atoms with van der Waals surface area (Å²) >= 11 is 1.56. The van der Waals surface area contributed by atoms with Crippen LogP contribution in [0.1, 0.15) is 53.3 Å². The summed E-state index contributed by atoms with van der Waals surface area (Å²) in [6.07, 6.45) is 8.38. The third-order valence-electron chi connectivity index (χ3n) is 6.05. The average Bonchev–Trinajstić information content (AvgIpc) is 3.48. The Balaban J connectivity index is 1.75. The summed E-state index contributed by atoms with van der Waals surface area (Å²) in [4.78, 5) is 26.2. The topological polar surface area (TPSA) is 90.0 Å². The third-order valence-corrected chi connectivity index (χ3v) is 6.81. The van der Waals surface area contributed by atoms with E-state index in [9.17, 15) is 10.0 Å². The molecule has 1 aliphatic rings. The normalized spacial score (nSPS) is 14.1. The number of likely N-dealkylation sites (N-methyl/N-ethyl adjacent to an activating group) is 1. The van der Waals surface area contributed by atoms with Gasteiger partial charge >= 0.3 is 0 Å². The molecule has 170 valence electrons. The van der Waals surface area contributed by atoms with Gasteiger partial charge in [0.1, 0.15) is 5.82 Å². The van der Waals surface area contributed by atoms with Crippen molar-refractivity contribution in [2.24, 2.45) is 0 Å². The number of nitrogens with one attached hydrogen (secondary N) is 1. The van der Waals surface area contributed by atoms with E-state index in [0.29, 0.717) is 13.1 Å². The van der Waals surface area contributed by atoms with E-state index in [4.69, 9.17) is 4.98 Å². The Morgan fingerprint density at radius 3 is 2.84 bits per heavy atom. The van der Waals surface area contributed by atoms with E-state index in [-0.39, 0.29) is 11.6 Å². The minimum absolute atomic E-state index is 0.0190. The highest BCUT2D eigenvalue weighted by molar-refractivity contribution is 7.09. The first kappa shape index (κ1) is 22.6. The molecule has 1 atom stereocenters. The SMILES string of the molecule is CCC(c1nc2c(c(=O)n1Cc1cncs1)CCC2)N(CCNC)Cc1cc[n+]([O-])cc1. The number of rotatable bonds is 10. The summed E-state index contributed by atoms with van der Waals surface area (Å²) in [6.45, 7) is 4.93. The Bertz CT molecular complexity index is 1080. The maximum atomic E-state index is 13.5. The van der Waals surface area contributed by atoms with Gasteiger partial charge in [0.25, 0.3) is 5.56 Å². The molecule has 3 aromatic heterocycles. The predicted octanol–water partition coefficient (Wildman–Crippen LogP) is 2.04. The Morgan fingerprint density at radius 2 is 2.16 bits per heavy atom. The van der Waals surface area contributed by atoms with Crippen molar-refractivity contribution in [2.75, 3.05) is 20.1 Å². The van der Waals surface area contributed by atoms with Crippen LogP contribution in [0.15, 0.2) is 41.0 Å². The second kappa shape index (κ2) is 10.3. The molecular weight excluding hydrogens is 424 g/mol. The van der Waals surface area contributed by atoms with Gasteiger partial charge in [-0.05, 0) is 38.3 Å². The first-order valence-corrected chi connectivity index (χ1v) is 12.0. The summed E-state index contributed by atoms with van der Waals surface area (Å²) in [6, 6.07) is 3.69.